The summed E-state index contributed by atoms with van der Waals surface area (Å²) in [6.45, 7) is 5.27. The molecule has 1 aromatic heterocycles. The summed E-state index contributed by atoms with van der Waals surface area (Å²) in [4.78, 5) is 11.2. The lowest BCUT2D eigenvalue weighted by atomic mass is 10.2. The van der Waals surface area contributed by atoms with Crippen LogP contribution >= 0.6 is 11.8 Å². The SMILES string of the molecule is CCCC(CSc1n[nH]c(=O)n1C)NCC. The molecule has 1 rings (SSSR count). The lowest BCUT2D eigenvalue weighted by Crippen LogP contribution is -2.31. The molecule has 1 unspecified atom stereocenters. The number of H-pyrrole nitrogens is 1. The van der Waals surface area contributed by atoms with Crippen LogP contribution < -0.4 is 11.0 Å². The first-order valence-corrected chi connectivity index (χ1v) is 6.65. The van der Waals surface area contributed by atoms with E-state index in [0.29, 0.717) is 6.04 Å². The fraction of sp³-hybridized carbons (Fsp3) is 0.800. The third-order valence-electron chi connectivity index (χ3n) is 2.38. The summed E-state index contributed by atoms with van der Waals surface area (Å²) in [5.41, 5.74) is -0.155. The van der Waals surface area contributed by atoms with Crippen molar-refractivity contribution in [2.75, 3.05) is 12.3 Å². The van der Waals surface area contributed by atoms with Crippen LogP contribution in [0.2, 0.25) is 0 Å². The van der Waals surface area contributed by atoms with Gasteiger partial charge in [0.15, 0.2) is 5.16 Å². The molecule has 6 heteroatoms. The zero-order valence-electron chi connectivity index (χ0n) is 10.1. The molecular weight excluding hydrogens is 224 g/mol. The zero-order chi connectivity index (χ0) is 12.0. The highest BCUT2D eigenvalue weighted by Crippen LogP contribution is 2.15. The molecule has 0 aliphatic rings. The highest BCUT2D eigenvalue weighted by atomic mass is 32.2. The minimum Gasteiger partial charge on any atom is -0.313 e. The van der Waals surface area contributed by atoms with E-state index in [4.69, 9.17) is 0 Å². The van der Waals surface area contributed by atoms with E-state index in [-0.39, 0.29) is 5.69 Å². The number of rotatable bonds is 7. The van der Waals surface area contributed by atoms with Gasteiger partial charge in [-0.05, 0) is 13.0 Å². The fourth-order valence-electron chi connectivity index (χ4n) is 1.52. The molecule has 5 nitrogen and oxygen atoms in total. The van der Waals surface area contributed by atoms with E-state index in [2.05, 4.69) is 29.4 Å². The van der Waals surface area contributed by atoms with Crippen molar-refractivity contribution in [2.24, 2.45) is 7.05 Å². The monoisotopic (exact) mass is 244 g/mol. The van der Waals surface area contributed by atoms with Gasteiger partial charge in [0.05, 0.1) is 0 Å². The van der Waals surface area contributed by atoms with E-state index in [1.54, 1.807) is 23.4 Å². The largest absolute Gasteiger partial charge is 0.343 e. The maximum atomic E-state index is 11.2. The molecule has 0 fully saturated rings. The predicted molar refractivity (Wildman–Crippen MR) is 66.9 cm³/mol. The number of aromatic amines is 1. The van der Waals surface area contributed by atoms with Crippen LogP contribution in [0.5, 0.6) is 0 Å². The Morgan fingerprint density at radius 3 is 2.81 bits per heavy atom. The van der Waals surface area contributed by atoms with Gasteiger partial charge in [0.2, 0.25) is 0 Å². The molecule has 1 atom stereocenters. The van der Waals surface area contributed by atoms with Gasteiger partial charge < -0.3 is 5.32 Å². The maximum absolute atomic E-state index is 11.2. The van der Waals surface area contributed by atoms with Gasteiger partial charge in [0.25, 0.3) is 0 Å². The highest BCUT2D eigenvalue weighted by Gasteiger charge is 2.10. The Morgan fingerprint density at radius 1 is 1.56 bits per heavy atom. The standard InChI is InChI=1S/C10H20N4OS/c1-4-6-8(11-5-2)7-16-10-13-12-9(15)14(10)3/h8,11H,4-7H2,1-3H3,(H,12,15). The molecule has 92 valence electrons. The van der Waals surface area contributed by atoms with Crippen LogP contribution in [-0.2, 0) is 7.05 Å². The van der Waals surface area contributed by atoms with Crippen molar-refractivity contribution < 1.29 is 0 Å². The summed E-state index contributed by atoms with van der Waals surface area (Å²) < 4.78 is 1.54. The molecule has 0 amide bonds. The van der Waals surface area contributed by atoms with Crippen molar-refractivity contribution in [1.82, 2.24) is 20.1 Å². The Kier molecular flexibility index (Phi) is 5.62. The third-order valence-corrected chi connectivity index (χ3v) is 3.57. The van der Waals surface area contributed by atoms with Crippen molar-refractivity contribution in [3.8, 4) is 0 Å². The Balaban J connectivity index is 2.48. The normalized spacial score (nSPS) is 12.9. The minimum atomic E-state index is -0.155. The van der Waals surface area contributed by atoms with Crippen molar-refractivity contribution >= 4 is 11.8 Å². The molecule has 0 saturated heterocycles. The van der Waals surface area contributed by atoms with Crippen molar-refractivity contribution in [2.45, 2.75) is 37.9 Å². The van der Waals surface area contributed by atoms with Crippen LogP contribution in [0.1, 0.15) is 26.7 Å². The van der Waals surface area contributed by atoms with Crippen molar-refractivity contribution in [3.05, 3.63) is 10.5 Å². The van der Waals surface area contributed by atoms with Crippen molar-refractivity contribution in [3.63, 3.8) is 0 Å². The van der Waals surface area contributed by atoms with Crippen LogP contribution in [0.25, 0.3) is 0 Å². The molecule has 0 aromatic carbocycles. The van der Waals surface area contributed by atoms with Crippen LogP contribution in [0.15, 0.2) is 9.95 Å². The fourth-order valence-corrected chi connectivity index (χ4v) is 2.54. The summed E-state index contributed by atoms with van der Waals surface area (Å²) in [6.07, 6.45) is 2.32. The van der Waals surface area contributed by atoms with Gasteiger partial charge in [-0.1, -0.05) is 32.0 Å². The summed E-state index contributed by atoms with van der Waals surface area (Å²) >= 11 is 1.61. The molecule has 0 aliphatic heterocycles. The molecule has 1 heterocycles. The van der Waals surface area contributed by atoms with Gasteiger partial charge in [0.1, 0.15) is 0 Å². The van der Waals surface area contributed by atoms with E-state index in [1.165, 1.54) is 0 Å². The van der Waals surface area contributed by atoms with Crippen LogP contribution in [0.3, 0.4) is 0 Å². The molecule has 0 radical (unpaired) electrons. The molecular formula is C10H20N4OS. The van der Waals surface area contributed by atoms with E-state index < -0.39 is 0 Å². The molecule has 0 saturated carbocycles. The first-order valence-electron chi connectivity index (χ1n) is 5.66. The summed E-state index contributed by atoms with van der Waals surface area (Å²) in [5, 5.41) is 10.6. The van der Waals surface area contributed by atoms with E-state index in [1.807, 2.05) is 0 Å². The Bertz CT molecular complexity index is 354. The smallest absolute Gasteiger partial charge is 0.313 e. The number of nitrogens with zero attached hydrogens (tertiary/aromatic N) is 2. The lowest BCUT2D eigenvalue weighted by molar-refractivity contribution is 0.530. The van der Waals surface area contributed by atoms with Gasteiger partial charge in [0, 0.05) is 18.8 Å². The van der Waals surface area contributed by atoms with Crippen LogP contribution in [0, 0.1) is 0 Å². The number of hydrogen-bond donors (Lipinski definition) is 2. The Morgan fingerprint density at radius 2 is 2.31 bits per heavy atom. The topological polar surface area (TPSA) is 62.7 Å². The van der Waals surface area contributed by atoms with Gasteiger partial charge in [-0.3, -0.25) is 4.57 Å². The molecule has 0 aliphatic carbocycles. The molecule has 0 spiro atoms. The Labute approximate surface area is 100 Å². The number of hydrogen-bond acceptors (Lipinski definition) is 4. The zero-order valence-corrected chi connectivity index (χ0v) is 10.9. The lowest BCUT2D eigenvalue weighted by Gasteiger charge is -2.15. The van der Waals surface area contributed by atoms with E-state index >= 15 is 0 Å². The molecule has 1 aromatic rings. The van der Waals surface area contributed by atoms with Gasteiger partial charge in [-0.2, -0.15) is 0 Å². The first-order chi connectivity index (χ1) is 7.69. The summed E-state index contributed by atoms with van der Waals surface area (Å²) in [7, 11) is 1.73. The molecule has 2 N–H and O–H groups in total. The second-order valence-electron chi connectivity index (χ2n) is 3.72. The van der Waals surface area contributed by atoms with Gasteiger partial charge in [-0.15, -0.1) is 5.10 Å². The second-order valence-corrected chi connectivity index (χ2v) is 4.71. The number of aromatic nitrogens is 3. The number of thioether (sulfide) groups is 1. The summed E-state index contributed by atoms with van der Waals surface area (Å²) in [5.74, 6) is 0.944. The summed E-state index contributed by atoms with van der Waals surface area (Å²) in [6, 6.07) is 0.492. The van der Waals surface area contributed by atoms with Crippen LogP contribution in [-0.4, -0.2) is 33.1 Å². The second kappa shape index (κ2) is 6.75. The van der Waals surface area contributed by atoms with E-state index in [0.717, 1.165) is 30.3 Å². The third kappa shape index (κ3) is 3.68. The van der Waals surface area contributed by atoms with Crippen LogP contribution in [0.4, 0.5) is 0 Å². The van der Waals surface area contributed by atoms with Gasteiger partial charge in [-0.25, -0.2) is 9.89 Å². The Hall–Kier alpha value is -0.750. The molecule has 16 heavy (non-hydrogen) atoms. The average molecular weight is 244 g/mol. The molecule has 0 bridgehead atoms. The maximum Gasteiger partial charge on any atom is 0.343 e. The first kappa shape index (κ1) is 13.3. The average Bonchev–Trinajstić information content (AvgIpc) is 2.58. The van der Waals surface area contributed by atoms with Crippen molar-refractivity contribution in [1.29, 1.82) is 0 Å². The van der Waals surface area contributed by atoms with Gasteiger partial charge >= 0.3 is 5.69 Å². The number of nitrogens with one attached hydrogen (secondary N) is 2. The minimum absolute atomic E-state index is 0.155. The van der Waals surface area contributed by atoms with E-state index in [9.17, 15) is 4.79 Å². The highest BCUT2D eigenvalue weighted by molar-refractivity contribution is 7.99. The quantitative estimate of drug-likeness (QED) is 0.702. The predicted octanol–water partition coefficient (Wildman–Crippen LogP) is 0.979.